The van der Waals surface area contributed by atoms with Gasteiger partial charge in [0.05, 0.1) is 11.8 Å². The molecule has 0 radical (unpaired) electrons. The Hall–Kier alpha value is -1.44. The van der Waals surface area contributed by atoms with E-state index in [1.54, 1.807) is 25.1 Å². The summed E-state index contributed by atoms with van der Waals surface area (Å²) in [5.74, 6) is 6.35. The van der Waals surface area contributed by atoms with E-state index in [-0.39, 0.29) is 17.7 Å². The molecule has 2 aromatic rings. The minimum Gasteiger partial charge on any atom is -0.349 e. The maximum absolute atomic E-state index is 12.0. The van der Waals surface area contributed by atoms with E-state index >= 15 is 0 Å². The van der Waals surface area contributed by atoms with Crippen LogP contribution in [0.25, 0.3) is 0 Å². The first-order chi connectivity index (χ1) is 10.4. The van der Waals surface area contributed by atoms with Crippen molar-refractivity contribution in [3.8, 4) is 0 Å². The quantitative estimate of drug-likeness (QED) is 0.632. The number of hydrogen-bond acceptors (Lipinski definition) is 5. The number of nitrogen functional groups attached to an aromatic ring is 1. The number of nitrogens with zero attached hydrogens (tertiary/aromatic N) is 3. The van der Waals surface area contributed by atoms with Crippen LogP contribution in [0.15, 0.2) is 23.4 Å². The number of hydrogen-bond donors (Lipinski definition) is 2. The van der Waals surface area contributed by atoms with Crippen LogP contribution in [0.5, 0.6) is 0 Å². The minimum absolute atomic E-state index is 0.149. The lowest BCUT2D eigenvalue weighted by atomic mass is 10.1. The minimum atomic E-state index is -0.227. The van der Waals surface area contributed by atoms with Crippen LogP contribution >= 0.6 is 35.0 Å². The Morgan fingerprint density at radius 1 is 1.45 bits per heavy atom. The Kier molecular flexibility index (Phi) is 5.55. The van der Waals surface area contributed by atoms with Gasteiger partial charge in [-0.3, -0.25) is 4.79 Å². The summed E-state index contributed by atoms with van der Waals surface area (Å²) in [5, 5.41) is 12.1. The largest absolute Gasteiger partial charge is 0.349 e. The van der Waals surface area contributed by atoms with E-state index in [9.17, 15) is 4.79 Å². The van der Waals surface area contributed by atoms with Crippen molar-refractivity contribution in [3.63, 3.8) is 0 Å². The summed E-state index contributed by atoms with van der Waals surface area (Å²) in [4.78, 5) is 12.0. The summed E-state index contributed by atoms with van der Waals surface area (Å²) in [7, 11) is 0. The molecular weight excluding hydrogens is 345 g/mol. The third-order valence-corrected chi connectivity index (χ3v) is 4.48. The van der Waals surface area contributed by atoms with Crippen LogP contribution in [0.3, 0.4) is 0 Å². The molecule has 1 aromatic heterocycles. The van der Waals surface area contributed by atoms with Crippen LogP contribution < -0.4 is 11.2 Å². The predicted molar refractivity (Wildman–Crippen MR) is 88.7 cm³/mol. The van der Waals surface area contributed by atoms with Gasteiger partial charge in [-0.25, -0.2) is 4.68 Å². The predicted octanol–water partition coefficient (Wildman–Crippen LogP) is 2.58. The van der Waals surface area contributed by atoms with Crippen LogP contribution in [0, 0.1) is 6.92 Å². The van der Waals surface area contributed by atoms with Gasteiger partial charge in [0, 0.05) is 10.0 Å². The van der Waals surface area contributed by atoms with Crippen LogP contribution in [0.1, 0.15) is 24.4 Å². The molecule has 1 atom stereocenters. The number of amides is 1. The van der Waals surface area contributed by atoms with E-state index in [0.29, 0.717) is 21.0 Å². The molecule has 1 aromatic carbocycles. The van der Waals surface area contributed by atoms with Gasteiger partial charge in [0.25, 0.3) is 0 Å². The van der Waals surface area contributed by atoms with Crippen molar-refractivity contribution in [1.82, 2.24) is 20.2 Å². The number of carbonyl (C=O) groups excluding carboxylic acids is 1. The third kappa shape index (κ3) is 4.06. The molecule has 0 aliphatic rings. The standard InChI is InChI=1S/C13H15Cl2N5OS/c1-7(10-4-3-9(14)5-11(10)15)17-12(21)6-22-13-19-18-8(2)20(13)16/h3-5,7H,6,16H2,1-2H3,(H,17,21)/t7-/m1/s1. The van der Waals surface area contributed by atoms with Gasteiger partial charge in [-0.15, -0.1) is 10.2 Å². The molecule has 9 heteroatoms. The number of thioether (sulfide) groups is 1. The van der Waals surface area contributed by atoms with Crippen molar-refractivity contribution in [2.24, 2.45) is 0 Å². The van der Waals surface area contributed by atoms with Crippen molar-refractivity contribution < 1.29 is 4.79 Å². The van der Waals surface area contributed by atoms with Crippen LogP contribution in [0.2, 0.25) is 10.0 Å². The van der Waals surface area contributed by atoms with Crippen molar-refractivity contribution >= 4 is 40.9 Å². The molecule has 118 valence electrons. The highest BCUT2D eigenvalue weighted by atomic mass is 35.5. The zero-order valence-electron chi connectivity index (χ0n) is 12.0. The molecule has 0 aliphatic carbocycles. The zero-order chi connectivity index (χ0) is 16.3. The lowest BCUT2D eigenvalue weighted by Gasteiger charge is -2.15. The number of benzene rings is 1. The number of halogens is 2. The molecule has 0 aliphatic heterocycles. The third-order valence-electron chi connectivity index (χ3n) is 2.97. The molecule has 0 bridgehead atoms. The number of nitrogens with two attached hydrogens (primary N) is 1. The molecule has 0 saturated carbocycles. The van der Waals surface area contributed by atoms with Crippen LogP contribution in [0.4, 0.5) is 0 Å². The van der Waals surface area contributed by atoms with Crippen molar-refractivity contribution in [2.45, 2.75) is 25.0 Å². The summed E-state index contributed by atoms with van der Waals surface area (Å²) >= 11 is 13.2. The van der Waals surface area contributed by atoms with E-state index in [0.717, 1.165) is 5.56 Å². The zero-order valence-corrected chi connectivity index (χ0v) is 14.3. The molecule has 2 rings (SSSR count). The second-order valence-corrected chi connectivity index (χ2v) is 6.43. The van der Waals surface area contributed by atoms with E-state index in [1.165, 1.54) is 16.4 Å². The summed E-state index contributed by atoms with van der Waals surface area (Å²) in [6, 6.07) is 4.95. The summed E-state index contributed by atoms with van der Waals surface area (Å²) < 4.78 is 1.34. The first-order valence-corrected chi connectivity index (χ1v) is 8.17. The fraction of sp³-hybridized carbons (Fsp3) is 0.308. The van der Waals surface area contributed by atoms with Gasteiger partial charge in [-0.2, -0.15) is 0 Å². The number of aryl methyl sites for hydroxylation is 1. The lowest BCUT2D eigenvalue weighted by Crippen LogP contribution is -2.28. The van der Waals surface area contributed by atoms with Gasteiger partial charge in [-0.1, -0.05) is 41.0 Å². The number of nitrogens with one attached hydrogen (secondary N) is 1. The van der Waals surface area contributed by atoms with Crippen molar-refractivity contribution in [1.29, 1.82) is 0 Å². The maximum atomic E-state index is 12.0. The van der Waals surface area contributed by atoms with Gasteiger partial charge < -0.3 is 11.2 Å². The van der Waals surface area contributed by atoms with Gasteiger partial charge in [0.15, 0.2) is 0 Å². The van der Waals surface area contributed by atoms with E-state index in [2.05, 4.69) is 15.5 Å². The summed E-state index contributed by atoms with van der Waals surface area (Å²) in [5.41, 5.74) is 0.808. The molecule has 0 fully saturated rings. The number of carbonyl (C=O) groups is 1. The average Bonchev–Trinajstić information content (AvgIpc) is 2.76. The van der Waals surface area contributed by atoms with Gasteiger partial charge >= 0.3 is 0 Å². The average molecular weight is 360 g/mol. The number of aromatic nitrogens is 3. The molecule has 3 N–H and O–H groups in total. The van der Waals surface area contributed by atoms with Gasteiger partial charge in [-0.05, 0) is 31.5 Å². The highest BCUT2D eigenvalue weighted by Crippen LogP contribution is 2.26. The molecule has 6 nitrogen and oxygen atoms in total. The highest BCUT2D eigenvalue weighted by molar-refractivity contribution is 7.99. The van der Waals surface area contributed by atoms with Gasteiger partial charge in [0.2, 0.25) is 11.1 Å². The summed E-state index contributed by atoms with van der Waals surface area (Å²) in [6.07, 6.45) is 0. The molecule has 1 heterocycles. The van der Waals surface area contributed by atoms with Gasteiger partial charge in [0.1, 0.15) is 5.82 Å². The van der Waals surface area contributed by atoms with Crippen LogP contribution in [-0.2, 0) is 4.79 Å². The monoisotopic (exact) mass is 359 g/mol. The highest BCUT2D eigenvalue weighted by Gasteiger charge is 2.14. The molecule has 0 unspecified atom stereocenters. The smallest absolute Gasteiger partial charge is 0.230 e. The Morgan fingerprint density at radius 3 is 2.77 bits per heavy atom. The van der Waals surface area contributed by atoms with Crippen molar-refractivity contribution in [3.05, 3.63) is 39.6 Å². The Balaban J connectivity index is 1.92. The van der Waals surface area contributed by atoms with E-state index in [1.807, 2.05) is 6.92 Å². The SMILES string of the molecule is Cc1nnc(SCC(=O)N[C@H](C)c2ccc(Cl)cc2Cl)n1N. The molecule has 22 heavy (non-hydrogen) atoms. The normalized spacial score (nSPS) is 12.2. The molecule has 1 amide bonds. The first kappa shape index (κ1) is 16.9. The molecule has 0 saturated heterocycles. The van der Waals surface area contributed by atoms with E-state index in [4.69, 9.17) is 29.0 Å². The fourth-order valence-electron chi connectivity index (χ4n) is 1.79. The van der Waals surface area contributed by atoms with E-state index < -0.39 is 0 Å². The second-order valence-electron chi connectivity index (χ2n) is 4.64. The molecule has 0 spiro atoms. The lowest BCUT2D eigenvalue weighted by molar-refractivity contribution is -0.119. The Morgan fingerprint density at radius 2 is 2.18 bits per heavy atom. The Labute approximate surface area is 142 Å². The van der Waals surface area contributed by atoms with Crippen molar-refractivity contribution in [2.75, 3.05) is 11.6 Å². The second kappa shape index (κ2) is 7.21. The summed E-state index contributed by atoms with van der Waals surface area (Å²) in [6.45, 7) is 3.59. The van der Waals surface area contributed by atoms with Crippen LogP contribution in [-0.4, -0.2) is 26.5 Å². The fourth-order valence-corrected chi connectivity index (χ4v) is 3.08. The topological polar surface area (TPSA) is 85.8 Å². The number of rotatable bonds is 5. The first-order valence-electron chi connectivity index (χ1n) is 6.42. The molecular formula is C13H15Cl2N5OS. The maximum Gasteiger partial charge on any atom is 0.230 e. The Bertz CT molecular complexity index is 691.